The highest BCUT2D eigenvalue weighted by molar-refractivity contribution is 6.30. The summed E-state index contributed by atoms with van der Waals surface area (Å²) in [5, 5.41) is 4.05. The topological polar surface area (TPSA) is 60.8 Å². The Morgan fingerprint density at radius 1 is 1.22 bits per heavy atom. The number of aromatic nitrogens is 1. The monoisotopic (exact) mass is 385 g/mol. The second kappa shape index (κ2) is 9.37. The Hall–Kier alpha value is -2.60. The summed E-state index contributed by atoms with van der Waals surface area (Å²) in [4.78, 5) is 24.9. The summed E-state index contributed by atoms with van der Waals surface area (Å²) in [5.74, 6) is 0.866. The average Bonchev–Trinajstić information content (AvgIpc) is 2.69. The number of nitrogens with zero attached hydrogens (tertiary/aromatic N) is 4. The lowest BCUT2D eigenvalue weighted by Gasteiger charge is -2.36. The van der Waals surface area contributed by atoms with E-state index in [0.29, 0.717) is 24.7 Å². The van der Waals surface area contributed by atoms with Gasteiger partial charge in [0, 0.05) is 50.6 Å². The third-order valence-electron chi connectivity index (χ3n) is 4.54. The van der Waals surface area contributed by atoms with Gasteiger partial charge in [0.05, 0.1) is 6.54 Å². The van der Waals surface area contributed by atoms with Crippen molar-refractivity contribution in [2.75, 3.05) is 33.2 Å². The van der Waals surface area contributed by atoms with Crippen molar-refractivity contribution in [3.8, 4) is 0 Å². The van der Waals surface area contributed by atoms with E-state index >= 15 is 0 Å². The van der Waals surface area contributed by atoms with Crippen molar-refractivity contribution >= 4 is 23.5 Å². The summed E-state index contributed by atoms with van der Waals surface area (Å²) in [7, 11) is 1.75. The number of hydrogen-bond acceptors (Lipinski definition) is 3. The van der Waals surface area contributed by atoms with Gasteiger partial charge in [-0.1, -0.05) is 29.8 Å². The number of hydrogen-bond donors (Lipinski definition) is 1. The molecule has 0 unspecified atom stereocenters. The Bertz CT molecular complexity index is 779. The molecule has 3 rings (SSSR count). The highest BCUT2D eigenvalue weighted by atomic mass is 35.5. The van der Waals surface area contributed by atoms with Crippen LogP contribution in [0.15, 0.2) is 53.8 Å². The molecule has 2 heterocycles. The summed E-state index contributed by atoms with van der Waals surface area (Å²) < 4.78 is 0. The first-order valence-corrected chi connectivity index (χ1v) is 9.40. The van der Waals surface area contributed by atoms with E-state index in [-0.39, 0.29) is 5.91 Å². The van der Waals surface area contributed by atoms with Gasteiger partial charge in [-0.05, 0) is 35.7 Å². The average molecular weight is 386 g/mol. The van der Waals surface area contributed by atoms with Gasteiger partial charge in [-0.2, -0.15) is 0 Å². The number of nitrogens with one attached hydrogen (secondary N) is 1. The number of carbonyl (C=O) groups excluding carboxylic acids is 1. The van der Waals surface area contributed by atoms with E-state index in [9.17, 15) is 4.79 Å². The lowest BCUT2D eigenvalue weighted by Crippen LogP contribution is -2.55. The van der Waals surface area contributed by atoms with Crippen LogP contribution in [-0.4, -0.2) is 59.9 Å². The second-order valence-corrected chi connectivity index (χ2v) is 6.89. The van der Waals surface area contributed by atoms with E-state index in [1.54, 1.807) is 13.2 Å². The zero-order valence-electron chi connectivity index (χ0n) is 15.4. The van der Waals surface area contributed by atoms with Crippen molar-refractivity contribution in [2.45, 2.75) is 13.0 Å². The van der Waals surface area contributed by atoms with Gasteiger partial charge < -0.3 is 15.1 Å². The third kappa shape index (κ3) is 5.44. The smallest absolute Gasteiger partial charge is 0.242 e. The van der Waals surface area contributed by atoms with E-state index in [0.717, 1.165) is 31.0 Å². The molecule has 7 heteroatoms. The molecule has 1 aromatic carbocycles. The van der Waals surface area contributed by atoms with E-state index in [4.69, 9.17) is 11.6 Å². The molecular formula is C20H24ClN5O. The van der Waals surface area contributed by atoms with Crippen molar-refractivity contribution in [1.82, 2.24) is 20.1 Å². The first-order chi connectivity index (χ1) is 13.2. The molecule has 0 aliphatic carbocycles. The van der Waals surface area contributed by atoms with E-state index in [2.05, 4.69) is 21.4 Å². The highest BCUT2D eigenvalue weighted by Gasteiger charge is 2.25. The van der Waals surface area contributed by atoms with Crippen molar-refractivity contribution in [1.29, 1.82) is 0 Å². The fourth-order valence-corrected chi connectivity index (χ4v) is 3.19. The van der Waals surface area contributed by atoms with Crippen LogP contribution in [0, 0.1) is 0 Å². The first-order valence-electron chi connectivity index (χ1n) is 9.02. The van der Waals surface area contributed by atoms with Gasteiger partial charge >= 0.3 is 0 Å². The zero-order chi connectivity index (χ0) is 19.1. The quantitative estimate of drug-likeness (QED) is 0.633. The SMILES string of the molecule is CN=C(NCCc1cccnc1)N1CCN(Cc2ccc(Cl)cc2)C(=O)C1. The normalized spacial score (nSPS) is 15.2. The molecule has 0 saturated carbocycles. The maximum absolute atomic E-state index is 12.6. The molecule has 1 N–H and O–H groups in total. The summed E-state index contributed by atoms with van der Waals surface area (Å²) in [6.07, 6.45) is 4.49. The van der Waals surface area contributed by atoms with E-state index in [1.165, 1.54) is 5.56 Å². The predicted octanol–water partition coefficient (Wildman–Crippen LogP) is 2.20. The number of rotatable bonds is 5. The van der Waals surface area contributed by atoms with Gasteiger partial charge in [-0.15, -0.1) is 0 Å². The molecule has 6 nitrogen and oxygen atoms in total. The molecule has 0 bridgehead atoms. The van der Waals surface area contributed by atoms with Crippen molar-refractivity contribution in [3.05, 3.63) is 64.9 Å². The van der Waals surface area contributed by atoms with Crippen LogP contribution >= 0.6 is 11.6 Å². The minimum Gasteiger partial charge on any atom is -0.356 e. The fraction of sp³-hybridized carbons (Fsp3) is 0.350. The number of pyridine rings is 1. The molecular weight excluding hydrogens is 362 g/mol. The Morgan fingerprint density at radius 3 is 2.70 bits per heavy atom. The second-order valence-electron chi connectivity index (χ2n) is 6.45. The van der Waals surface area contributed by atoms with Crippen LogP contribution in [0.25, 0.3) is 0 Å². The molecule has 27 heavy (non-hydrogen) atoms. The Labute approximate surface area is 164 Å². The summed E-state index contributed by atoms with van der Waals surface area (Å²) in [6, 6.07) is 11.6. The number of carbonyl (C=O) groups is 1. The van der Waals surface area contributed by atoms with Crippen LogP contribution in [0.2, 0.25) is 5.02 Å². The molecule has 1 fully saturated rings. The molecule has 2 aromatic rings. The minimum atomic E-state index is 0.103. The van der Waals surface area contributed by atoms with Crippen molar-refractivity contribution in [3.63, 3.8) is 0 Å². The zero-order valence-corrected chi connectivity index (χ0v) is 16.2. The van der Waals surface area contributed by atoms with Crippen LogP contribution in [0.4, 0.5) is 0 Å². The Morgan fingerprint density at radius 2 is 2.04 bits per heavy atom. The van der Waals surface area contributed by atoms with Crippen LogP contribution in [0.1, 0.15) is 11.1 Å². The predicted molar refractivity (Wildman–Crippen MR) is 108 cm³/mol. The maximum atomic E-state index is 12.6. The number of aliphatic imine (C=N–C) groups is 1. The molecule has 142 valence electrons. The summed E-state index contributed by atoms with van der Waals surface area (Å²) >= 11 is 5.92. The molecule has 1 aliphatic rings. The lowest BCUT2D eigenvalue weighted by atomic mass is 10.2. The molecule has 0 radical (unpaired) electrons. The van der Waals surface area contributed by atoms with Crippen LogP contribution in [0.5, 0.6) is 0 Å². The van der Waals surface area contributed by atoms with E-state index in [1.807, 2.05) is 46.3 Å². The number of piperazine rings is 1. The standard InChI is InChI=1S/C20H24ClN5O/c1-22-20(24-10-8-16-3-2-9-23-13-16)26-12-11-25(19(27)15-26)14-17-4-6-18(21)7-5-17/h2-7,9,13H,8,10-12,14-15H2,1H3,(H,22,24). The van der Waals surface area contributed by atoms with Crippen molar-refractivity contribution in [2.24, 2.45) is 4.99 Å². The third-order valence-corrected chi connectivity index (χ3v) is 4.79. The molecule has 0 atom stereocenters. The molecule has 1 amide bonds. The minimum absolute atomic E-state index is 0.103. The van der Waals surface area contributed by atoms with Gasteiger partial charge in [-0.3, -0.25) is 14.8 Å². The Balaban J connectivity index is 1.49. The Kier molecular flexibility index (Phi) is 6.65. The molecule has 1 saturated heterocycles. The van der Waals surface area contributed by atoms with Crippen molar-refractivity contribution < 1.29 is 4.79 Å². The van der Waals surface area contributed by atoms with Gasteiger partial charge in [0.1, 0.15) is 0 Å². The van der Waals surface area contributed by atoms with Gasteiger partial charge in [0.2, 0.25) is 5.91 Å². The van der Waals surface area contributed by atoms with E-state index < -0.39 is 0 Å². The maximum Gasteiger partial charge on any atom is 0.242 e. The largest absolute Gasteiger partial charge is 0.356 e. The number of halogens is 1. The molecule has 1 aromatic heterocycles. The van der Waals surface area contributed by atoms with Gasteiger partial charge in [0.15, 0.2) is 5.96 Å². The van der Waals surface area contributed by atoms with Crippen LogP contribution < -0.4 is 5.32 Å². The highest BCUT2D eigenvalue weighted by Crippen LogP contribution is 2.13. The lowest BCUT2D eigenvalue weighted by molar-refractivity contribution is -0.135. The van der Waals surface area contributed by atoms with Crippen LogP contribution in [-0.2, 0) is 17.8 Å². The molecule has 1 aliphatic heterocycles. The summed E-state index contributed by atoms with van der Waals surface area (Å²) in [6.45, 7) is 3.12. The number of guanidine groups is 1. The van der Waals surface area contributed by atoms with Gasteiger partial charge in [-0.25, -0.2) is 0 Å². The molecule has 0 spiro atoms. The first kappa shape index (κ1) is 19.2. The number of amides is 1. The fourth-order valence-electron chi connectivity index (χ4n) is 3.06. The summed E-state index contributed by atoms with van der Waals surface area (Å²) in [5.41, 5.74) is 2.25. The number of benzene rings is 1. The van der Waals surface area contributed by atoms with Gasteiger partial charge in [0.25, 0.3) is 0 Å². The van der Waals surface area contributed by atoms with Crippen LogP contribution in [0.3, 0.4) is 0 Å².